The first-order valence-corrected chi connectivity index (χ1v) is 16.8. The molecular formula is C45H69FO2. The summed E-state index contributed by atoms with van der Waals surface area (Å²) < 4.78 is 17.9. The van der Waals surface area contributed by atoms with Crippen LogP contribution in [0.2, 0.25) is 0 Å². The van der Waals surface area contributed by atoms with Crippen LogP contribution in [0.4, 0.5) is 4.39 Å². The van der Waals surface area contributed by atoms with Crippen LogP contribution in [-0.4, -0.2) is 18.8 Å². The molecule has 2 nitrogen and oxygen atoms in total. The average molecular weight is 661 g/mol. The monoisotopic (exact) mass is 661 g/mol. The number of aliphatic hydroxyl groups excluding tert-OH is 1. The molecule has 0 spiro atoms. The molecule has 0 fully saturated rings. The fourth-order valence-electron chi connectivity index (χ4n) is 5.07. The van der Waals surface area contributed by atoms with Gasteiger partial charge in [0.1, 0.15) is 11.6 Å². The second-order valence-electron chi connectivity index (χ2n) is 13.5. The van der Waals surface area contributed by atoms with Crippen molar-refractivity contribution in [1.29, 1.82) is 0 Å². The van der Waals surface area contributed by atoms with Crippen molar-refractivity contribution in [3.05, 3.63) is 135 Å². The van der Waals surface area contributed by atoms with Crippen molar-refractivity contribution in [3.63, 3.8) is 0 Å². The van der Waals surface area contributed by atoms with E-state index in [1.54, 1.807) is 13.2 Å². The summed E-state index contributed by atoms with van der Waals surface area (Å²) in [6.07, 6.45) is 0.764. The number of methoxy groups -OCH3 is 1. The third-order valence-corrected chi connectivity index (χ3v) is 7.88. The van der Waals surface area contributed by atoms with E-state index in [2.05, 4.69) is 131 Å². The normalized spacial score (nSPS) is 10.1. The SMILES string of the molecule is C.C.CC(C)c1cccc(CCO)c1.COc1ccc(C(C)C)cc1C.Cc1cc(C)cc(C(C)C)c1.Cc1ccc(F)cc1C(C)C. The van der Waals surface area contributed by atoms with E-state index in [9.17, 15) is 4.39 Å². The number of aliphatic hydroxyl groups is 1. The highest BCUT2D eigenvalue weighted by Crippen LogP contribution is 2.23. The Morgan fingerprint density at radius 3 is 1.56 bits per heavy atom. The van der Waals surface area contributed by atoms with Gasteiger partial charge in [-0.1, -0.05) is 142 Å². The first-order chi connectivity index (χ1) is 21.6. The largest absolute Gasteiger partial charge is 0.496 e. The predicted octanol–water partition coefficient (Wildman–Crippen LogP) is 13.4. The fourth-order valence-corrected chi connectivity index (χ4v) is 5.07. The molecule has 0 aromatic heterocycles. The van der Waals surface area contributed by atoms with Gasteiger partial charge in [0.05, 0.1) is 7.11 Å². The molecule has 4 rings (SSSR count). The Kier molecular flexibility index (Phi) is 23.2. The van der Waals surface area contributed by atoms with Gasteiger partial charge in [0.15, 0.2) is 0 Å². The Bertz CT molecular complexity index is 1430. The summed E-state index contributed by atoms with van der Waals surface area (Å²) in [6.45, 7) is 26.0. The summed E-state index contributed by atoms with van der Waals surface area (Å²) in [7, 11) is 1.71. The van der Waals surface area contributed by atoms with Gasteiger partial charge < -0.3 is 9.84 Å². The average Bonchev–Trinajstić information content (AvgIpc) is 2.99. The van der Waals surface area contributed by atoms with Crippen LogP contribution in [0, 0.1) is 33.5 Å². The molecule has 0 aliphatic carbocycles. The van der Waals surface area contributed by atoms with Crippen molar-refractivity contribution < 1.29 is 14.2 Å². The highest BCUT2D eigenvalue weighted by atomic mass is 19.1. The second kappa shape index (κ2) is 23.8. The van der Waals surface area contributed by atoms with Crippen LogP contribution in [0.15, 0.2) is 78.9 Å². The molecular weight excluding hydrogens is 591 g/mol. The van der Waals surface area contributed by atoms with Crippen LogP contribution in [0.25, 0.3) is 0 Å². The van der Waals surface area contributed by atoms with Gasteiger partial charge in [-0.05, 0) is 115 Å². The highest BCUT2D eigenvalue weighted by molar-refractivity contribution is 5.37. The molecule has 0 unspecified atom stereocenters. The van der Waals surface area contributed by atoms with Crippen LogP contribution in [0.1, 0.15) is 144 Å². The first kappa shape index (κ1) is 46.7. The molecule has 0 radical (unpaired) electrons. The molecule has 48 heavy (non-hydrogen) atoms. The third kappa shape index (κ3) is 17.1. The molecule has 1 N–H and O–H groups in total. The van der Waals surface area contributed by atoms with E-state index in [4.69, 9.17) is 9.84 Å². The Morgan fingerprint density at radius 1 is 0.583 bits per heavy atom. The number of ether oxygens (including phenoxy) is 1. The molecule has 0 aliphatic rings. The molecule has 0 aliphatic heterocycles. The van der Waals surface area contributed by atoms with Gasteiger partial charge in [0.2, 0.25) is 0 Å². The van der Waals surface area contributed by atoms with E-state index in [1.807, 2.05) is 19.1 Å². The summed E-state index contributed by atoms with van der Waals surface area (Å²) in [6, 6.07) is 26.4. The van der Waals surface area contributed by atoms with Crippen LogP contribution in [-0.2, 0) is 6.42 Å². The minimum absolute atomic E-state index is 0. The van der Waals surface area contributed by atoms with E-state index < -0.39 is 0 Å². The van der Waals surface area contributed by atoms with E-state index in [-0.39, 0.29) is 27.3 Å². The van der Waals surface area contributed by atoms with Gasteiger partial charge in [-0.15, -0.1) is 0 Å². The summed E-state index contributed by atoms with van der Waals surface area (Å²) in [5, 5.41) is 8.75. The lowest BCUT2D eigenvalue weighted by molar-refractivity contribution is 0.299. The first-order valence-electron chi connectivity index (χ1n) is 16.8. The van der Waals surface area contributed by atoms with Crippen LogP contribution in [0.3, 0.4) is 0 Å². The number of benzene rings is 4. The maximum atomic E-state index is 12.7. The molecule has 268 valence electrons. The Balaban J connectivity index is 0. The zero-order chi connectivity index (χ0) is 35.0. The maximum Gasteiger partial charge on any atom is 0.123 e. The summed E-state index contributed by atoms with van der Waals surface area (Å²) in [5.74, 6) is 3.05. The predicted molar refractivity (Wildman–Crippen MR) is 212 cm³/mol. The minimum Gasteiger partial charge on any atom is -0.496 e. The van der Waals surface area contributed by atoms with Crippen molar-refractivity contribution in [3.8, 4) is 5.75 Å². The number of rotatable bonds is 7. The van der Waals surface area contributed by atoms with Crippen LogP contribution in [0.5, 0.6) is 5.75 Å². The zero-order valence-electron chi connectivity index (χ0n) is 31.0. The quantitative estimate of drug-likeness (QED) is 0.214. The zero-order valence-corrected chi connectivity index (χ0v) is 31.0. The smallest absolute Gasteiger partial charge is 0.123 e. The van der Waals surface area contributed by atoms with E-state index in [0.717, 1.165) is 17.7 Å². The number of aryl methyl sites for hydroxylation is 4. The molecule has 0 atom stereocenters. The summed E-state index contributed by atoms with van der Waals surface area (Å²) in [5.41, 5.74) is 11.6. The van der Waals surface area contributed by atoms with Crippen LogP contribution < -0.4 is 4.74 Å². The molecule has 4 aromatic carbocycles. The molecule has 3 heteroatoms. The van der Waals surface area contributed by atoms with Gasteiger partial charge in [0.25, 0.3) is 0 Å². The molecule has 0 saturated carbocycles. The number of hydrogen-bond donors (Lipinski definition) is 1. The topological polar surface area (TPSA) is 29.5 Å². The lowest BCUT2D eigenvalue weighted by Gasteiger charge is -2.09. The van der Waals surface area contributed by atoms with Crippen molar-refractivity contribution in [2.45, 2.75) is 128 Å². The lowest BCUT2D eigenvalue weighted by atomic mass is 9.98. The Morgan fingerprint density at radius 2 is 1.12 bits per heavy atom. The standard InChI is InChI=1S/2C11H16O.C11H16.C10H13F.2CH4/c1-8(2)10-5-6-11(12-4)9(3)7-10;1-9(2)11-5-3-4-10(8-11)6-7-12;1-8(2)11-6-9(3)5-10(4)7-11;1-7(2)10-6-9(11)5-4-8(10)3;;/h5-8H,1-4H3;3-5,8-9,12H,6-7H2,1-2H3;5-8H,1-4H3;4-7H,1-3H3;2*1H4. The fraction of sp³-hybridized carbons (Fsp3) is 0.467. The van der Waals surface area contributed by atoms with Crippen molar-refractivity contribution in [2.75, 3.05) is 13.7 Å². The molecule has 0 bridgehead atoms. The minimum atomic E-state index is -0.140. The Hall–Kier alpha value is -3.43. The van der Waals surface area contributed by atoms with Gasteiger partial charge in [-0.25, -0.2) is 4.39 Å². The summed E-state index contributed by atoms with van der Waals surface area (Å²) >= 11 is 0. The second-order valence-corrected chi connectivity index (χ2v) is 13.5. The van der Waals surface area contributed by atoms with Gasteiger partial charge in [-0.3, -0.25) is 0 Å². The Labute approximate surface area is 295 Å². The molecule has 0 amide bonds. The molecule has 0 heterocycles. The van der Waals surface area contributed by atoms with Gasteiger partial charge in [0, 0.05) is 6.61 Å². The van der Waals surface area contributed by atoms with E-state index in [1.165, 1.54) is 50.6 Å². The number of halogens is 1. The van der Waals surface area contributed by atoms with Crippen molar-refractivity contribution in [1.82, 2.24) is 0 Å². The van der Waals surface area contributed by atoms with Crippen LogP contribution >= 0.6 is 0 Å². The number of hydrogen-bond acceptors (Lipinski definition) is 2. The third-order valence-electron chi connectivity index (χ3n) is 7.88. The lowest BCUT2D eigenvalue weighted by Crippen LogP contribution is -1.93. The van der Waals surface area contributed by atoms with E-state index in [0.29, 0.717) is 23.7 Å². The molecule has 0 saturated heterocycles. The highest BCUT2D eigenvalue weighted by Gasteiger charge is 2.04. The van der Waals surface area contributed by atoms with Crippen molar-refractivity contribution in [2.24, 2.45) is 0 Å². The van der Waals surface area contributed by atoms with E-state index >= 15 is 0 Å². The summed E-state index contributed by atoms with van der Waals surface area (Å²) in [4.78, 5) is 0. The van der Waals surface area contributed by atoms with Gasteiger partial charge >= 0.3 is 0 Å². The van der Waals surface area contributed by atoms with Gasteiger partial charge in [-0.2, -0.15) is 0 Å². The maximum absolute atomic E-state index is 12.7. The van der Waals surface area contributed by atoms with Crippen molar-refractivity contribution >= 4 is 0 Å². The molecule has 4 aromatic rings.